The van der Waals surface area contributed by atoms with Crippen molar-refractivity contribution in [3.63, 3.8) is 0 Å². The number of furan rings is 1. The smallest absolute Gasteiger partial charge is 0.274 e. The predicted molar refractivity (Wildman–Crippen MR) is 92.2 cm³/mol. The van der Waals surface area contributed by atoms with Crippen LogP contribution in [0.3, 0.4) is 0 Å². The maximum Gasteiger partial charge on any atom is 0.274 e. The second kappa shape index (κ2) is 7.41. The highest BCUT2D eigenvalue weighted by molar-refractivity contribution is 5.93. The molecular formula is C18H24N4O3. The van der Waals surface area contributed by atoms with Crippen LogP contribution in [0.4, 0.5) is 0 Å². The largest absolute Gasteiger partial charge is 0.463 e. The van der Waals surface area contributed by atoms with Crippen molar-refractivity contribution in [2.45, 2.75) is 25.4 Å². The quantitative estimate of drug-likeness (QED) is 0.918. The van der Waals surface area contributed by atoms with Gasteiger partial charge in [0.25, 0.3) is 5.91 Å². The van der Waals surface area contributed by atoms with Gasteiger partial charge in [-0.05, 0) is 37.9 Å². The van der Waals surface area contributed by atoms with Gasteiger partial charge in [-0.2, -0.15) is 5.10 Å². The topological polar surface area (TPSA) is 74.6 Å². The van der Waals surface area contributed by atoms with Crippen molar-refractivity contribution in [2.75, 3.05) is 39.3 Å². The number of carbonyl (C=O) groups excluding carboxylic acids is 1. The van der Waals surface area contributed by atoms with Gasteiger partial charge in [0.15, 0.2) is 11.5 Å². The molecular weight excluding hydrogens is 320 g/mol. The molecule has 0 aromatic carbocycles. The van der Waals surface area contributed by atoms with Crippen LogP contribution >= 0.6 is 0 Å². The van der Waals surface area contributed by atoms with Crippen molar-refractivity contribution in [1.29, 1.82) is 0 Å². The van der Waals surface area contributed by atoms with Gasteiger partial charge in [0, 0.05) is 38.9 Å². The van der Waals surface area contributed by atoms with Crippen LogP contribution in [-0.4, -0.2) is 71.3 Å². The highest BCUT2D eigenvalue weighted by Gasteiger charge is 2.25. The molecule has 0 spiro atoms. The predicted octanol–water partition coefficient (Wildman–Crippen LogP) is 2.00. The highest BCUT2D eigenvalue weighted by atomic mass is 16.5. The first-order valence-electron chi connectivity index (χ1n) is 9.02. The van der Waals surface area contributed by atoms with Gasteiger partial charge in [0.05, 0.1) is 12.4 Å². The van der Waals surface area contributed by atoms with E-state index in [2.05, 4.69) is 15.1 Å². The van der Waals surface area contributed by atoms with Crippen molar-refractivity contribution in [2.24, 2.45) is 0 Å². The Kier molecular flexibility index (Phi) is 4.85. The maximum atomic E-state index is 12.8. The second-order valence-electron chi connectivity index (χ2n) is 6.73. The van der Waals surface area contributed by atoms with E-state index in [1.807, 2.05) is 17.0 Å². The second-order valence-corrected chi connectivity index (χ2v) is 6.73. The van der Waals surface area contributed by atoms with Crippen LogP contribution in [0.25, 0.3) is 11.5 Å². The van der Waals surface area contributed by atoms with E-state index >= 15 is 0 Å². The van der Waals surface area contributed by atoms with Crippen LogP contribution in [0.15, 0.2) is 28.9 Å². The van der Waals surface area contributed by atoms with E-state index in [-0.39, 0.29) is 5.91 Å². The monoisotopic (exact) mass is 344 g/mol. The SMILES string of the molecule is O=C(c1cc(-c2ccco2)[nH]n1)N1CCCN(C[C@@H]2CCCO2)CC1. The van der Waals surface area contributed by atoms with Gasteiger partial charge in [0.2, 0.25) is 0 Å². The summed E-state index contributed by atoms with van der Waals surface area (Å²) in [4.78, 5) is 17.1. The first kappa shape index (κ1) is 16.4. The molecule has 4 heterocycles. The molecule has 2 aromatic heterocycles. The third-order valence-corrected chi connectivity index (χ3v) is 4.95. The molecule has 0 radical (unpaired) electrons. The Morgan fingerprint density at radius 1 is 1.28 bits per heavy atom. The number of nitrogens with zero attached hydrogens (tertiary/aromatic N) is 3. The zero-order valence-corrected chi connectivity index (χ0v) is 14.3. The Hall–Kier alpha value is -2.12. The number of rotatable bonds is 4. The fraction of sp³-hybridized carbons (Fsp3) is 0.556. The molecule has 7 heteroatoms. The van der Waals surface area contributed by atoms with Crippen molar-refractivity contribution >= 4 is 5.91 Å². The third kappa shape index (κ3) is 3.77. The van der Waals surface area contributed by atoms with Crippen molar-refractivity contribution in [1.82, 2.24) is 20.0 Å². The molecule has 0 bridgehead atoms. The van der Waals surface area contributed by atoms with E-state index in [1.54, 1.807) is 12.3 Å². The number of hydrogen-bond acceptors (Lipinski definition) is 5. The number of aromatic amines is 1. The summed E-state index contributed by atoms with van der Waals surface area (Å²) < 4.78 is 11.1. The number of carbonyl (C=O) groups is 1. The van der Waals surface area contributed by atoms with Crippen LogP contribution < -0.4 is 0 Å². The lowest BCUT2D eigenvalue weighted by molar-refractivity contribution is 0.0701. The third-order valence-electron chi connectivity index (χ3n) is 4.95. The molecule has 2 aliphatic heterocycles. The number of nitrogens with one attached hydrogen (secondary N) is 1. The van der Waals surface area contributed by atoms with Crippen LogP contribution in [0.1, 0.15) is 29.8 Å². The van der Waals surface area contributed by atoms with E-state index in [4.69, 9.17) is 9.15 Å². The minimum Gasteiger partial charge on any atom is -0.463 e. The Morgan fingerprint density at radius 3 is 3.04 bits per heavy atom. The first-order chi connectivity index (χ1) is 12.3. The Balaban J connectivity index is 1.36. The summed E-state index contributed by atoms with van der Waals surface area (Å²) in [5, 5.41) is 7.05. The minimum atomic E-state index is -0.0203. The summed E-state index contributed by atoms with van der Waals surface area (Å²) >= 11 is 0. The van der Waals surface area contributed by atoms with Gasteiger partial charge in [-0.1, -0.05) is 0 Å². The normalized spacial score (nSPS) is 22.2. The summed E-state index contributed by atoms with van der Waals surface area (Å²) in [7, 11) is 0. The average molecular weight is 344 g/mol. The molecule has 1 N–H and O–H groups in total. The van der Waals surface area contributed by atoms with Gasteiger partial charge in [-0.25, -0.2) is 0 Å². The van der Waals surface area contributed by atoms with Crippen LogP contribution in [0, 0.1) is 0 Å². The molecule has 4 rings (SSSR count). The lowest BCUT2D eigenvalue weighted by Gasteiger charge is -2.23. The molecule has 2 aromatic rings. The number of aromatic nitrogens is 2. The summed E-state index contributed by atoms with van der Waals surface area (Å²) in [5.41, 5.74) is 1.17. The Labute approximate surface area is 146 Å². The number of amides is 1. The molecule has 0 unspecified atom stereocenters. The fourth-order valence-electron chi connectivity index (χ4n) is 3.58. The molecule has 0 saturated carbocycles. The highest BCUT2D eigenvalue weighted by Crippen LogP contribution is 2.19. The minimum absolute atomic E-state index is 0.0203. The Bertz CT molecular complexity index is 691. The van der Waals surface area contributed by atoms with E-state index in [0.717, 1.165) is 57.9 Å². The molecule has 25 heavy (non-hydrogen) atoms. The van der Waals surface area contributed by atoms with Crippen molar-refractivity contribution in [3.8, 4) is 11.5 Å². The van der Waals surface area contributed by atoms with Crippen LogP contribution in [-0.2, 0) is 4.74 Å². The molecule has 1 atom stereocenters. The van der Waals surface area contributed by atoms with Crippen molar-refractivity contribution < 1.29 is 13.9 Å². The van der Waals surface area contributed by atoms with Gasteiger partial charge < -0.3 is 14.1 Å². The van der Waals surface area contributed by atoms with E-state index < -0.39 is 0 Å². The van der Waals surface area contributed by atoms with E-state index in [1.165, 1.54) is 6.42 Å². The van der Waals surface area contributed by atoms with Gasteiger partial charge in [-0.15, -0.1) is 0 Å². The van der Waals surface area contributed by atoms with Crippen LogP contribution in [0.2, 0.25) is 0 Å². The molecule has 0 aliphatic carbocycles. The molecule has 2 fully saturated rings. The summed E-state index contributed by atoms with van der Waals surface area (Å²) in [6.07, 6.45) is 5.27. The van der Waals surface area contributed by atoms with E-state index in [9.17, 15) is 4.79 Å². The summed E-state index contributed by atoms with van der Waals surface area (Å²) in [6.45, 7) is 5.27. The standard InChI is InChI=1S/C18H24N4O3/c23-18(16-12-15(19-20-16)17-5-2-11-25-17)22-7-3-6-21(8-9-22)13-14-4-1-10-24-14/h2,5,11-12,14H,1,3-4,6-10,13H2,(H,19,20)/t14-/m0/s1. The number of ether oxygens (including phenoxy) is 1. The molecule has 1 amide bonds. The lowest BCUT2D eigenvalue weighted by atomic mass is 10.2. The maximum absolute atomic E-state index is 12.8. The van der Waals surface area contributed by atoms with Gasteiger partial charge >= 0.3 is 0 Å². The summed E-state index contributed by atoms with van der Waals surface area (Å²) in [6, 6.07) is 5.42. The number of hydrogen-bond donors (Lipinski definition) is 1. The molecule has 7 nitrogen and oxygen atoms in total. The zero-order chi connectivity index (χ0) is 17.1. The van der Waals surface area contributed by atoms with Crippen molar-refractivity contribution in [3.05, 3.63) is 30.2 Å². The Morgan fingerprint density at radius 2 is 2.24 bits per heavy atom. The van der Waals surface area contributed by atoms with Gasteiger partial charge in [0.1, 0.15) is 5.69 Å². The van der Waals surface area contributed by atoms with Crippen LogP contribution in [0.5, 0.6) is 0 Å². The molecule has 134 valence electrons. The molecule has 2 aliphatic rings. The average Bonchev–Trinajstić information content (AvgIpc) is 3.35. The molecule has 2 saturated heterocycles. The zero-order valence-electron chi connectivity index (χ0n) is 14.3. The summed E-state index contributed by atoms with van der Waals surface area (Å²) in [5.74, 6) is 0.665. The lowest BCUT2D eigenvalue weighted by Crippen LogP contribution is -2.37. The van der Waals surface area contributed by atoms with E-state index in [0.29, 0.717) is 17.6 Å². The fourth-order valence-corrected chi connectivity index (χ4v) is 3.58. The first-order valence-corrected chi connectivity index (χ1v) is 9.02. The van der Waals surface area contributed by atoms with Gasteiger partial charge in [-0.3, -0.25) is 14.8 Å². The number of H-pyrrole nitrogens is 1.